The lowest BCUT2D eigenvalue weighted by Crippen LogP contribution is -2.48. The van der Waals surface area contributed by atoms with Gasteiger partial charge in [-0.15, -0.1) is 0 Å². The average molecular weight is 243 g/mol. The third-order valence-corrected chi connectivity index (χ3v) is 2.32. The van der Waals surface area contributed by atoms with Crippen LogP contribution in [0.2, 0.25) is 0 Å². The molecule has 2 atom stereocenters. The molecule has 100 valence electrons. The molecule has 0 aromatic carbocycles. The van der Waals surface area contributed by atoms with Crippen LogP contribution in [0.1, 0.15) is 41.0 Å². The zero-order valence-electron chi connectivity index (χ0n) is 11.5. The lowest BCUT2D eigenvalue weighted by Gasteiger charge is -2.21. The fourth-order valence-electron chi connectivity index (χ4n) is 1.05. The molecular formula is C12H25N3O2. The molecule has 0 radical (unpaired) electrons. The summed E-state index contributed by atoms with van der Waals surface area (Å²) in [6, 6.07) is -0.454. The summed E-state index contributed by atoms with van der Waals surface area (Å²) in [5.41, 5.74) is 5.09. The van der Waals surface area contributed by atoms with Gasteiger partial charge in [0, 0.05) is 18.0 Å². The molecule has 0 bridgehead atoms. The molecule has 0 aromatic rings. The maximum absolute atomic E-state index is 11.7. The van der Waals surface area contributed by atoms with Gasteiger partial charge in [0.2, 0.25) is 11.8 Å². The van der Waals surface area contributed by atoms with Crippen LogP contribution in [0, 0.1) is 5.41 Å². The number of amides is 2. The van der Waals surface area contributed by atoms with E-state index in [0.29, 0.717) is 6.54 Å². The standard InChI is InChI=1S/C12H25N3O2/c1-8(13)6-7-14-10(16)9(2)15-11(17)12(3,4)5/h8-9H,6-7,13H2,1-5H3,(H,14,16)(H,15,17). The van der Waals surface area contributed by atoms with Gasteiger partial charge in [-0.05, 0) is 20.3 Å². The Kier molecular flexibility index (Phi) is 6.16. The zero-order chi connectivity index (χ0) is 13.6. The Hall–Kier alpha value is -1.10. The summed E-state index contributed by atoms with van der Waals surface area (Å²) >= 11 is 0. The van der Waals surface area contributed by atoms with E-state index < -0.39 is 11.5 Å². The molecule has 5 heteroatoms. The average Bonchev–Trinajstić information content (AvgIpc) is 2.15. The highest BCUT2D eigenvalue weighted by atomic mass is 16.2. The van der Waals surface area contributed by atoms with Gasteiger partial charge in [0.1, 0.15) is 6.04 Å². The molecule has 0 rings (SSSR count). The number of hydrogen-bond donors (Lipinski definition) is 3. The van der Waals surface area contributed by atoms with Crippen LogP contribution in [0.3, 0.4) is 0 Å². The van der Waals surface area contributed by atoms with Crippen molar-refractivity contribution in [1.82, 2.24) is 10.6 Å². The van der Waals surface area contributed by atoms with Gasteiger partial charge in [0.15, 0.2) is 0 Å². The zero-order valence-corrected chi connectivity index (χ0v) is 11.5. The van der Waals surface area contributed by atoms with Gasteiger partial charge >= 0.3 is 0 Å². The van der Waals surface area contributed by atoms with Crippen molar-refractivity contribution in [3.05, 3.63) is 0 Å². The molecule has 0 saturated heterocycles. The van der Waals surface area contributed by atoms with Gasteiger partial charge in [-0.1, -0.05) is 20.8 Å². The van der Waals surface area contributed by atoms with Crippen molar-refractivity contribution in [3.63, 3.8) is 0 Å². The Balaban J connectivity index is 4.02. The molecule has 2 unspecified atom stereocenters. The highest BCUT2D eigenvalue weighted by Crippen LogP contribution is 2.12. The predicted molar refractivity (Wildman–Crippen MR) is 68.3 cm³/mol. The van der Waals surface area contributed by atoms with Crippen LogP contribution < -0.4 is 16.4 Å². The van der Waals surface area contributed by atoms with E-state index in [1.54, 1.807) is 6.92 Å². The van der Waals surface area contributed by atoms with Crippen LogP contribution in [0.15, 0.2) is 0 Å². The summed E-state index contributed by atoms with van der Waals surface area (Å²) in [4.78, 5) is 23.3. The minimum absolute atomic E-state index is 0.0646. The first-order chi connectivity index (χ1) is 7.64. The molecule has 0 spiro atoms. The molecule has 0 aliphatic carbocycles. The minimum Gasteiger partial charge on any atom is -0.354 e. The Morgan fingerprint density at radius 3 is 2.18 bits per heavy atom. The molecule has 0 aliphatic heterocycles. The third-order valence-electron chi connectivity index (χ3n) is 2.32. The molecule has 0 saturated carbocycles. The van der Waals surface area contributed by atoms with Crippen molar-refractivity contribution in [1.29, 1.82) is 0 Å². The molecule has 0 aliphatic rings. The van der Waals surface area contributed by atoms with Crippen molar-refractivity contribution in [2.45, 2.75) is 53.1 Å². The summed E-state index contributed by atoms with van der Waals surface area (Å²) < 4.78 is 0. The normalized spacial score (nSPS) is 14.9. The van der Waals surface area contributed by atoms with E-state index in [0.717, 1.165) is 6.42 Å². The number of carbonyl (C=O) groups is 2. The van der Waals surface area contributed by atoms with Crippen LogP contribution in [-0.2, 0) is 9.59 Å². The lowest BCUT2D eigenvalue weighted by atomic mass is 9.95. The fourth-order valence-corrected chi connectivity index (χ4v) is 1.05. The summed E-state index contributed by atoms with van der Waals surface area (Å²) in [5, 5.41) is 5.41. The van der Waals surface area contributed by atoms with Crippen LogP contribution in [0.4, 0.5) is 0 Å². The number of rotatable bonds is 5. The van der Waals surface area contributed by atoms with E-state index in [1.807, 2.05) is 27.7 Å². The number of nitrogens with two attached hydrogens (primary N) is 1. The first kappa shape index (κ1) is 15.9. The second-order valence-electron chi connectivity index (χ2n) is 5.50. The SMILES string of the molecule is CC(N)CCNC(=O)C(C)NC(=O)C(C)(C)C. The summed E-state index contributed by atoms with van der Waals surface area (Å²) in [5.74, 6) is -0.310. The van der Waals surface area contributed by atoms with Crippen LogP contribution in [0.25, 0.3) is 0 Å². The molecule has 5 nitrogen and oxygen atoms in total. The van der Waals surface area contributed by atoms with Crippen molar-refractivity contribution in [2.24, 2.45) is 11.1 Å². The summed E-state index contributed by atoms with van der Waals surface area (Å²) in [7, 11) is 0. The molecule has 0 heterocycles. The van der Waals surface area contributed by atoms with Crippen molar-refractivity contribution >= 4 is 11.8 Å². The van der Waals surface area contributed by atoms with Gasteiger partial charge in [-0.2, -0.15) is 0 Å². The highest BCUT2D eigenvalue weighted by molar-refractivity contribution is 5.89. The Bertz CT molecular complexity index is 269. The summed E-state index contributed by atoms with van der Waals surface area (Å²) in [6.07, 6.45) is 0.728. The van der Waals surface area contributed by atoms with E-state index in [1.165, 1.54) is 0 Å². The van der Waals surface area contributed by atoms with E-state index >= 15 is 0 Å². The minimum atomic E-state index is -0.519. The first-order valence-corrected chi connectivity index (χ1v) is 5.99. The Labute approximate surface area is 104 Å². The fraction of sp³-hybridized carbons (Fsp3) is 0.833. The highest BCUT2D eigenvalue weighted by Gasteiger charge is 2.24. The van der Waals surface area contributed by atoms with Gasteiger partial charge in [-0.25, -0.2) is 0 Å². The van der Waals surface area contributed by atoms with Crippen molar-refractivity contribution in [3.8, 4) is 0 Å². The largest absolute Gasteiger partial charge is 0.354 e. The number of carbonyl (C=O) groups excluding carboxylic acids is 2. The molecule has 4 N–H and O–H groups in total. The van der Waals surface area contributed by atoms with Gasteiger partial charge in [0.05, 0.1) is 0 Å². The number of nitrogens with one attached hydrogen (secondary N) is 2. The molecule has 0 fully saturated rings. The monoisotopic (exact) mass is 243 g/mol. The topological polar surface area (TPSA) is 84.2 Å². The Morgan fingerprint density at radius 1 is 1.24 bits per heavy atom. The molecule has 17 heavy (non-hydrogen) atoms. The third kappa shape index (κ3) is 6.94. The van der Waals surface area contributed by atoms with Crippen LogP contribution in [-0.4, -0.2) is 30.4 Å². The second-order valence-corrected chi connectivity index (χ2v) is 5.50. The smallest absolute Gasteiger partial charge is 0.242 e. The maximum atomic E-state index is 11.7. The van der Waals surface area contributed by atoms with E-state index in [2.05, 4.69) is 10.6 Å². The Morgan fingerprint density at radius 2 is 1.76 bits per heavy atom. The van der Waals surface area contributed by atoms with Crippen molar-refractivity contribution in [2.75, 3.05) is 6.54 Å². The molecular weight excluding hydrogens is 218 g/mol. The molecule has 2 amide bonds. The van der Waals surface area contributed by atoms with Gasteiger partial charge in [0.25, 0.3) is 0 Å². The van der Waals surface area contributed by atoms with Gasteiger partial charge < -0.3 is 16.4 Å². The predicted octanol–water partition coefficient (Wildman–Crippen LogP) is 0.391. The molecule has 0 aromatic heterocycles. The van der Waals surface area contributed by atoms with Crippen LogP contribution in [0.5, 0.6) is 0 Å². The van der Waals surface area contributed by atoms with E-state index in [9.17, 15) is 9.59 Å². The quantitative estimate of drug-likeness (QED) is 0.653. The van der Waals surface area contributed by atoms with E-state index in [4.69, 9.17) is 5.73 Å². The summed E-state index contributed by atoms with van der Waals surface area (Å²) in [6.45, 7) is 9.52. The van der Waals surface area contributed by atoms with E-state index in [-0.39, 0.29) is 17.9 Å². The first-order valence-electron chi connectivity index (χ1n) is 5.99. The van der Waals surface area contributed by atoms with Gasteiger partial charge in [-0.3, -0.25) is 9.59 Å². The second kappa shape index (κ2) is 6.59. The van der Waals surface area contributed by atoms with Crippen molar-refractivity contribution < 1.29 is 9.59 Å². The van der Waals surface area contributed by atoms with Crippen LogP contribution >= 0.6 is 0 Å². The lowest BCUT2D eigenvalue weighted by molar-refractivity contribution is -0.133. The number of hydrogen-bond acceptors (Lipinski definition) is 3. The maximum Gasteiger partial charge on any atom is 0.242 e.